The highest BCUT2D eigenvalue weighted by Crippen LogP contribution is 2.23. The van der Waals surface area contributed by atoms with Gasteiger partial charge in [-0.1, -0.05) is 6.07 Å². The Labute approximate surface area is 146 Å². The summed E-state index contributed by atoms with van der Waals surface area (Å²) in [6.07, 6.45) is 3.04. The van der Waals surface area contributed by atoms with Gasteiger partial charge in [0, 0.05) is 25.2 Å². The maximum atomic E-state index is 13.0. The zero-order chi connectivity index (χ0) is 17.8. The minimum atomic E-state index is -0.371. The largest absolute Gasteiger partial charge is 0.341 e. The Bertz CT molecular complexity index is 741. The molecule has 1 aromatic heterocycles. The highest BCUT2D eigenvalue weighted by atomic mass is 16.2. The van der Waals surface area contributed by atoms with Gasteiger partial charge in [0.2, 0.25) is 5.91 Å². The fourth-order valence-corrected chi connectivity index (χ4v) is 3.24. The van der Waals surface area contributed by atoms with E-state index in [1.165, 1.54) is 11.0 Å². The van der Waals surface area contributed by atoms with Crippen molar-refractivity contribution in [2.45, 2.75) is 32.7 Å². The highest BCUT2D eigenvalue weighted by molar-refractivity contribution is 5.98. The summed E-state index contributed by atoms with van der Waals surface area (Å²) in [5.41, 5.74) is 1.24. The fraction of sp³-hybridized carbons (Fsp3) is 0.471. The van der Waals surface area contributed by atoms with Crippen LogP contribution in [-0.4, -0.2) is 67.5 Å². The lowest BCUT2D eigenvalue weighted by Gasteiger charge is -2.29. The van der Waals surface area contributed by atoms with Crippen molar-refractivity contribution < 1.29 is 9.59 Å². The molecule has 1 unspecified atom stereocenters. The zero-order valence-electron chi connectivity index (χ0n) is 14.5. The van der Waals surface area contributed by atoms with Crippen LogP contribution >= 0.6 is 0 Å². The molecule has 0 N–H and O–H groups in total. The monoisotopic (exact) mass is 342 g/mol. The van der Waals surface area contributed by atoms with Crippen LogP contribution in [0.2, 0.25) is 0 Å². The van der Waals surface area contributed by atoms with Crippen LogP contribution in [0.3, 0.4) is 0 Å². The number of tetrazole rings is 1. The van der Waals surface area contributed by atoms with Gasteiger partial charge in [-0.25, -0.2) is 4.68 Å². The first-order valence-corrected chi connectivity index (χ1v) is 8.58. The molecule has 1 saturated heterocycles. The first kappa shape index (κ1) is 17.1. The van der Waals surface area contributed by atoms with Crippen molar-refractivity contribution in [1.29, 1.82) is 0 Å². The van der Waals surface area contributed by atoms with Gasteiger partial charge in [0.15, 0.2) is 0 Å². The van der Waals surface area contributed by atoms with Gasteiger partial charge in [-0.15, -0.1) is 5.10 Å². The third-order valence-corrected chi connectivity index (χ3v) is 4.58. The fourth-order valence-electron chi connectivity index (χ4n) is 3.24. The maximum absolute atomic E-state index is 13.0. The van der Waals surface area contributed by atoms with E-state index >= 15 is 0 Å². The van der Waals surface area contributed by atoms with Crippen LogP contribution in [0.25, 0.3) is 5.69 Å². The zero-order valence-corrected chi connectivity index (χ0v) is 14.5. The average molecular weight is 342 g/mol. The molecule has 3 rings (SSSR count). The molecule has 0 bridgehead atoms. The molecule has 25 heavy (non-hydrogen) atoms. The first-order valence-electron chi connectivity index (χ1n) is 8.58. The third kappa shape index (κ3) is 3.38. The van der Waals surface area contributed by atoms with Crippen LogP contribution < -0.4 is 0 Å². The quantitative estimate of drug-likeness (QED) is 0.813. The lowest BCUT2D eigenvalue weighted by molar-refractivity contribution is -0.134. The van der Waals surface area contributed by atoms with Gasteiger partial charge in [0.25, 0.3) is 5.91 Å². The maximum Gasteiger partial charge on any atom is 0.254 e. The molecule has 0 spiro atoms. The van der Waals surface area contributed by atoms with Crippen molar-refractivity contribution in [2.75, 3.05) is 19.6 Å². The Balaban J connectivity index is 1.82. The van der Waals surface area contributed by atoms with Crippen LogP contribution in [0.1, 0.15) is 37.0 Å². The summed E-state index contributed by atoms with van der Waals surface area (Å²) in [4.78, 5) is 29.2. The molecule has 8 heteroatoms. The molecule has 132 valence electrons. The van der Waals surface area contributed by atoms with Crippen LogP contribution in [0.5, 0.6) is 0 Å². The second-order valence-electron chi connectivity index (χ2n) is 5.97. The SMILES string of the molecule is CCN(CC)C(=O)C1CCCN1C(=O)c1cccc(-n2cnnn2)c1. The van der Waals surface area contributed by atoms with E-state index in [1.54, 1.807) is 28.0 Å². The van der Waals surface area contributed by atoms with Gasteiger partial charge < -0.3 is 9.80 Å². The van der Waals surface area contributed by atoms with Crippen LogP contribution in [0.4, 0.5) is 0 Å². The molecule has 1 aliphatic rings. The molecule has 1 fully saturated rings. The van der Waals surface area contributed by atoms with Gasteiger partial charge in [-0.2, -0.15) is 0 Å². The molecule has 8 nitrogen and oxygen atoms in total. The number of aromatic nitrogens is 4. The number of likely N-dealkylation sites (N-methyl/N-ethyl adjacent to an activating group) is 1. The Kier molecular flexibility index (Phi) is 5.06. The number of hydrogen-bond acceptors (Lipinski definition) is 5. The predicted molar refractivity (Wildman–Crippen MR) is 91.1 cm³/mol. The van der Waals surface area contributed by atoms with E-state index in [2.05, 4.69) is 15.5 Å². The standard InChI is InChI=1S/C17H22N6O2/c1-3-21(4-2)17(25)15-9-6-10-22(15)16(24)13-7-5-8-14(11-13)23-12-18-19-20-23/h5,7-8,11-12,15H,3-4,6,9-10H2,1-2H3. The summed E-state index contributed by atoms with van der Waals surface area (Å²) in [5, 5.41) is 11.1. The van der Waals surface area contributed by atoms with E-state index in [0.29, 0.717) is 37.3 Å². The number of amides is 2. The lowest BCUT2D eigenvalue weighted by Crippen LogP contribution is -2.47. The molecule has 0 radical (unpaired) electrons. The van der Waals surface area contributed by atoms with E-state index in [0.717, 1.165) is 6.42 Å². The number of rotatable bonds is 5. The second-order valence-corrected chi connectivity index (χ2v) is 5.97. The number of likely N-dealkylation sites (tertiary alicyclic amines) is 1. The minimum absolute atomic E-state index is 0.0347. The summed E-state index contributed by atoms with van der Waals surface area (Å²) in [6, 6.07) is 6.75. The normalized spacial score (nSPS) is 16.9. The Morgan fingerprint density at radius 3 is 2.76 bits per heavy atom. The predicted octanol–water partition coefficient (Wildman–Crippen LogP) is 1.14. The van der Waals surface area contributed by atoms with E-state index in [9.17, 15) is 9.59 Å². The third-order valence-electron chi connectivity index (χ3n) is 4.58. The van der Waals surface area contributed by atoms with Crippen molar-refractivity contribution >= 4 is 11.8 Å². The van der Waals surface area contributed by atoms with Gasteiger partial charge in [-0.05, 0) is 55.3 Å². The van der Waals surface area contributed by atoms with Crippen LogP contribution in [0, 0.1) is 0 Å². The lowest BCUT2D eigenvalue weighted by atomic mass is 10.1. The van der Waals surface area contributed by atoms with Gasteiger partial charge in [0.1, 0.15) is 12.4 Å². The van der Waals surface area contributed by atoms with Crippen molar-refractivity contribution in [3.63, 3.8) is 0 Å². The molecule has 2 amide bonds. The summed E-state index contributed by atoms with van der Waals surface area (Å²) < 4.78 is 1.50. The van der Waals surface area contributed by atoms with Gasteiger partial charge >= 0.3 is 0 Å². The van der Waals surface area contributed by atoms with Crippen molar-refractivity contribution in [2.24, 2.45) is 0 Å². The van der Waals surface area contributed by atoms with Crippen molar-refractivity contribution in [3.05, 3.63) is 36.2 Å². The summed E-state index contributed by atoms with van der Waals surface area (Å²) in [6.45, 7) is 5.83. The molecule has 1 atom stereocenters. The van der Waals surface area contributed by atoms with E-state index in [4.69, 9.17) is 0 Å². The number of carbonyl (C=O) groups excluding carboxylic acids is 2. The number of carbonyl (C=O) groups is 2. The Morgan fingerprint density at radius 2 is 2.08 bits per heavy atom. The van der Waals surface area contributed by atoms with Gasteiger partial charge in [-0.3, -0.25) is 9.59 Å². The van der Waals surface area contributed by atoms with E-state index in [-0.39, 0.29) is 17.9 Å². The highest BCUT2D eigenvalue weighted by Gasteiger charge is 2.36. The molecule has 0 saturated carbocycles. The number of hydrogen-bond donors (Lipinski definition) is 0. The molecule has 1 aromatic carbocycles. The smallest absolute Gasteiger partial charge is 0.254 e. The minimum Gasteiger partial charge on any atom is -0.341 e. The molecular formula is C17H22N6O2. The number of benzene rings is 1. The topological polar surface area (TPSA) is 84.2 Å². The molecular weight excluding hydrogens is 320 g/mol. The second kappa shape index (κ2) is 7.42. The summed E-state index contributed by atoms with van der Waals surface area (Å²) in [5.74, 6) is -0.0922. The van der Waals surface area contributed by atoms with Crippen LogP contribution in [0.15, 0.2) is 30.6 Å². The Morgan fingerprint density at radius 1 is 1.28 bits per heavy atom. The van der Waals surface area contributed by atoms with Crippen LogP contribution in [-0.2, 0) is 4.79 Å². The summed E-state index contributed by atoms with van der Waals surface area (Å²) in [7, 11) is 0. The molecule has 2 aromatic rings. The van der Waals surface area contributed by atoms with E-state index < -0.39 is 0 Å². The number of nitrogens with zero attached hydrogens (tertiary/aromatic N) is 6. The summed E-state index contributed by atoms with van der Waals surface area (Å²) >= 11 is 0. The first-order chi connectivity index (χ1) is 12.2. The van der Waals surface area contributed by atoms with Gasteiger partial charge in [0.05, 0.1) is 5.69 Å². The van der Waals surface area contributed by atoms with Crippen molar-refractivity contribution in [3.8, 4) is 5.69 Å². The Hall–Kier alpha value is -2.77. The van der Waals surface area contributed by atoms with Crippen molar-refractivity contribution in [1.82, 2.24) is 30.0 Å². The molecule has 2 heterocycles. The average Bonchev–Trinajstić information content (AvgIpc) is 3.34. The molecule has 1 aliphatic heterocycles. The van der Waals surface area contributed by atoms with E-state index in [1.807, 2.05) is 19.9 Å². The molecule has 0 aliphatic carbocycles.